The van der Waals surface area contributed by atoms with E-state index in [-0.39, 0.29) is 0 Å². The van der Waals surface area contributed by atoms with Gasteiger partial charge in [-0.1, -0.05) is 6.42 Å². The van der Waals surface area contributed by atoms with E-state index in [2.05, 4.69) is 10.2 Å². The van der Waals surface area contributed by atoms with Crippen LogP contribution in [0, 0.1) is 0 Å². The number of aromatic nitrogens is 2. The van der Waals surface area contributed by atoms with Crippen LogP contribution >= 0.6 is 11.8 Å². The predicted octanol–water partition coefficient (Wildman–Crippen LogP) is 2.12. The smallest absolute Gasteiger partial charge is 0.119 e. The Bertz CT molecular complexity index is 221. The van der Waals surface area contributed by atoms with E-state index in [1.807, 2.05) is 23.9 Å². The minimum absolute atomic E-state index is 0.812. The third kappa shape index (κ3) is 1.71. The lowest BCUT2D eigenvalue weighted by atomic mass is 10.0. The van der Waals surface area contributed by atoms with Gasteiger partial charge in [-0.15, -0.1) is 16.9 Å². The van der Waals surface area contributed by atoms with Gasteiger partial charge in [-0.3, -0.25) is 0 Å². The van der Waals surface area contributed by atoms with Gasteiger partial charge in [0.15, 0.2) is 0 Å². The molecule has 1 aliphatic carbocycles. The van der Waals surface area contributed by atoms with Gasteiger partial charge in [0.05, 0.1) is 0 Å². The molecule has 1 fully saturated rings. The molecule has 0 aromatic carbocycles. The lowest BCUT2D eigenvalue weighted by Crippen LogP contribution is -2.12. The first-order chi connectivity index (χ1) is 5.45. The number of nitrogens with zero attached hydrogens (tertiary/aromatic N) is 2. The molecule has 1 aromatic heterocycles. The van der Waals surface area contributed by atoms with Crippen LogP contribution in [0.5, 0.6) is 0 Å². The van der Waals surface area contributed by atoms with Gasteiger partial charge >= 0.3 is 0 Å². The van der Waals surface area contributed by atoms with Crippen LogP contribution in [0.25, 0.3) is 0 Å². The van der Waals surface area contributed by atoms with Gasteiger partial charge < -0.3 is 0 Å². The lowest BCUT2D eigenvalue weighted by Gasteiger charge is -2.23. The van der Waals surface area contributed by atoms with E-state index in [1.165, 1.54) is 19.3 Å². The summed E-state index contributed by atoms with van der Waals surface area (Å²) in [5.74, 6) is 0. The van der Waals surface area contributed by atoms with Gasteiger partial charge in [0.1, 0.15) is 5.03 Å². The summed E-state index contributed by atoms with van der Waals surface area (Å²) in [5, 5.41) is 9.72. The van der Waals surface area contributed by atoms with Crippen molar-refractivity contribution in [1.29, 1.82) is 0 Å². The molecule has 3 heteroatoms. The first-order valence-corrected chi connectivity index (χ1v) is 4.77. The maximum absolute atomic E-state index is 4.01. The van der Waals surface area contributed by atoms with Crippen LogP contribution in [0.15, 0.2) is 23.4 Å². The zero-order chi connectivity index (χ0) is 7.52. The number of hydrogen-bond acceptors (Lipinski definition) is 3. The van der Waals surface area contributed by atoms with Crippen molar-refractivity contribution in [2.24, 2.45) is 0 Å². The molecular formula is C8H10N2S. The summed E-state index contributed by atoms with van der Waals surface area (Å²) in [6, 6.07) is 3.96. The quantitative estimate of drug-likeness (QED) is 0.673. The molecular weight excluding hydrogens is 156 g/mol. The fourth-order valence-corrected chi connectivity index (χ4v) is 2.17. The van der Waals surface area contributed by atoms with Gasteiger partial charge in [-0.05, 0) is 25.0 Å². The highest BCUT2D eigenvalue weighted by Gasteiger charge is 2.18. The third-order valence-electron chi connectivity index (χ3n) is 1.89. The van der Waals surface area contributed by atoms with E-state index in [4.69, 9.17) is 0 Å². The molecule has 1 aliphatic rings. The van der Waals surface area contributed by atoms with Crippen molar-refractivity contribution < 1.29 is 0 Å². The topological polar surface area (TPSA) is 25.8 Å². The summed E-state index contributed by atoms with van der Waals surface area (Å²) in [6.07, 6.45) is 5.80. The molecule has 11 heavy (non-hydrogen) atoms. The molecule has 0 N–H and O–H groups in total. The molecule has 58 valence electrons. The Morgan fingerprint density at radius 3 is 2.91 bits per heavy atom. The molecule has 1 aromatic rings. The highest BCUT2D eigenvalue weighted by molar-refractivity contribution is 7.99. The van der Waals surface area contributed by atoms with E-state index in [9.17, 15) is 0 Å². The molecule has 0 radical (unpaired) electrons. The summed E-state index contributed by atoms with van der Waals surface area (Å²) in [5.41, 5.74) is 0. The second kappa shape index (κ2) is 3.22. The molecule has 0 unspecified atom stereocenters. The highest BCUT2D eigenvalue weighted by Crippen LogP contribution is 2.34. The van der Waals surface area contributed by atoms with Gasteiger partial charge in [0.25, 0.3) is 0 Å². The Labute approximate surface area is 70.4 Å². The maximum atomic E-state index is 4.01. The molecule has 0 spiro atoms. The minimum atomic E-state index is 0.812. The van der Waals surface area contributed by atoms with Crippen molar-refractivity contribution in [2.75, 3.05) is 0 Å². The van der Waals surface area contributed by atoms with E-state index in [0.29, 0.717) is 0 Å². The average Bonchev–Trinajstić information content (AvgIpc) is 1.99. The van der Waals surface area contributed by atoms with Crippen LogP contribution in [-0.4, -0.2) is 15.4 Å². The first-order valence-electron chi connectivity index (χ1n) is 3.89. The zero-order valence-electron chi connectivity index (χ0n) is 6.23. The van der Waals surface area contributed by atoms with Crippen LogP contribution < -0.4 is 0 Å². The monoisotopic (exact) mass is 166 g/mol. The van der Waals surface area contributed by atoms with Crippen molar-refractivity contribution in [3.05, 3.63) is 18.3 Å². The molecule has 0 aliphatic heterocycles. The SMILES string of the molecule is c1cnnc(SC2CCC2)c1. The molecule has 1 saturated carbocycles. The molecule has 0 atom stereocenters. The number of thioether (sulfide) groups is 1. The Morgan fingerprint density at radius 1 is 1.45 bits per heavy atom. The van der Waals surface area contributed by atoms with Crippen molar-refractivity contribution in [2.45, 2.75) is 29.5 Å². The van der Waals surface area contributed by atoms with Crippen molar-refractivity contribution in [3.8, 4) is 0 Å². The Hall–Kier alpha value is -0.570. The summed E-state index contributed by atoms with van der Waals surface area (Å²) < 4.78 is 0. The third-order valence-corrected chi connectivity index (χ3v) is 3.15. The van der Waals surface area contributed by atoms with Crippen molar-refractivity contribution >= 4 is 11.8 Å². The second-order valence-electron chi connectivity index (χ2n) is 2.73. The fourth-order valence-electron chi connectivity index (χ4n) is 1.01. The lowest BCUT2D eigenvalue weighted by molar-refractivity contribution is 0.521. The molecule has 2 nitrogen and oxygen atoms in total. The van der Waals surface area contributed by atoms with Crippen LogP contribution in [0.4, 0.5) is 0 Å². The van der Waals surface area contributed by atoms with Gasteiger partial charge in [-0.25, -0.2) is 0 Å². The maximum Gasteiger partial charge on any atom is 0.119 e. The van der Waals surface area contributed by atoms with Crippen molar-refractivity contribution in [3.63, 3.8) is 0 Å². The standard InChI is InChI=1S/C8H10N2S/c1-3-7(4-1)11-8-5-2-6-9-10-8/h2,5-7H,1,3-4H2. The summed E-state index contributed by atoms with van der Waals surface area (Å²) in [6.45, 7) is 0. The number of hydrogen-bond donors (Lipinski definition) is 0. The van der Waals surface area contributed by atoms with Gasteiger partial charge in [0.2, 0.25) is 0 Å². The van der Waals surface area contributed by atoms with Crippen LogP contribution in [0.2, 0.25) is 0 Å². The highest BCUT2D eigenvalue weighted by atomic mass is 32.2. The van der Waals surface area contributed by atoms with Gasteiger partial charge in [0, 0.05) is 11.4 Å². The summed E-state index contributed by atoms with van der Waals surface area (Å²) in [4.78, 5) is 0. The summed E-state index contributed by atoms with van der Waals surface area (Å²) >= 11 is 1.86. The molecule has 0 saturated heterocycles. The normalized spacial score (nSPS) is 17.8. The van der Waals surface area contributed by atoms with Crippen LogP contribution in [-0.2, 0) is 0 Å². The Kier molecular flexibility index (Phi) is 2.08. The van der Waals surface area contributed by atoms with E-state index >= 15 is 0 Å². The van der Waals surface area contributed by atoms with E-state index in [1.54, 1.807) is 6.20 Å². The Balaban J connectivity index is 1.95. The molecule has 0 amide bonds. The second-order valence-corrected chi connectivity index (χ2v) is 4.05. The molecule has 2 rings (SSSR count). The van der Waals surface area contributed by atoms with Gasteiger partial charge in [-0.2, -0.15) is 5.10 Å². The fraction of sp³-hybridized carbons (Fsp3) is 0.500. The Morgan fingerprint density at radius 2 is 2.36 bits per heavy atom. The van der Waals surface area contributed by atoms with E-state index < -0.39 is 0 Å². The minimum Gasteiger partial charge on any atom is -0.158 e. The zero-order valence-corrected chi connectivity index (χ0v) is 7.05. The van der Waals surface area contributed by atoms with Crippen LogP contribution in [0.1, 0.15) is 19.3 Å². The summed E-state index contributed by atoms with van der Waals surface area (Å²) in [7, 11) is 0. The first kappa shape index (κ1) is 7.10. The predicted molar refractivity (Wildman–Crippen MR) is 45.5 cm³/mol. The molecule has 0 bridgehead atoms. The largest absolute Gasteiger partial charge is 0.158 e. The van der Waals surface area contributed by atoms with E-state index in [0.717, 1.165) is 10.3 Å². The van der Waals surface area contributed by atoms with Crippen LogP contribution in [0.3, 0.4) is 0 Å². The molecule has 1 heterocycles. The van der Waals surface area contributed by atoms with Crippen molar-refractivity contribution in [1.82, 2.24) is 10.2 Å². The number of rotatable bonds is 2. The average molecular weight is 166 g/mol.